The molecule has 1 aliphatic rings. The second-order valence-electron chi connectivity index (χ2n) is 6.93. The number of pyridine rings is 1. The molecule has 2 heterocycles. The second kappa shape index (κ2) is 7.48. The van der Waals surface area contributed by atoms with Gasteiger partial charge in [-0.05, 0) is 43.3 Å². The van der Waals surface area contributed by atoms with E-state index < -0.39 is 0 Å². The zero-order valence-electron chi connectivity index (χ0n) is 16.2. The summed E-state index contributed by atoms with van der Waals surface area (Å²) in [5.41, 5.74) is 4.12. The maximum Gasteiger partial charge on any atom is 0.340 e. The Kier molecular flexibility index (Phi) is 4.88. The van der Waals surface area contributed by atoms with Gasteiger partial charge in [-0.3, -0.25) is 9.88 Å². The van der Waals surface area contributed by atoms with Crippen molar-refractivity contribution in [2.24, 2.45) is 0 Å². The first-order chi connectivity index (χ1) is 13.6. The van der Waals surface area contributed by atoms with Crippen LogP contribution in [0.4, 0.5) is 0 Å². The van der Waals surface area contributed by atoms with E-state index in [4.69, 9.17) is 19.2 Å². The Morgan fingerprint density at radius 2 is 1.93 bits per heavy atom. The smallest absolute Gasteiger partial charge is 0.340 e. The predicted molar refractivity (Wildman–Crippen MR) is 106 cm³/mol. The predicted octanol–water partition coefficient (Wildman–Crippen LogP) is 3.69. The number of carbonyl (C=O) groups is 1. The summed E-state index contributed by atoms with van der Waals surface area (Å²) in [5.74, 6) is 1.18. The van der Waals surface area contributed by atoms with Crippen LogP contribution >= 0.6 is 0 Å². The molecule has 3 aromatic rings. The highest BCUT2D eigenvalue weighted by molar-refractivity contribution is 5.98. The molecular weight excluding hydrogens is 356 g/mol. The van der Waals surface area contributed by atoms with Gasteiger partial charge in [0.05, 0.1) is 23.9 Å². The average Bonchev–Trinajstić information content (AvgIpc) is 3.15. The molecule has 0 radical (unpaired) electrons. The number of aryl methyl sites for hydroxylation is 1. The van der Waals surface area contributed by atoms with Crippen molar-refractivity contribution in [2.45, 2.75) is 20.0 Å². The summed E-state index contributed by atoms with van der Waals surface area (Å²) < 4.78 is 15.8. The number of hydrogen-bond donors (Lipinski definition) is 0. The quantitative estimate of drug-likeness (QED) is 0.631. The Morgan fingerprint density at radius 1 is 1.14 bits per heavy atom. The lowest BCUT2D eigenvalue weighted by Gasteiger charge is -2.20. The minimum atomic E-state index is -0.359. The number of nitrogens with zero attached hydrogens (tertiary/aromatic N) is 2. The van der Waals surface area contributed by atoms with Crippen molar-refractivity contribution in [3.63, 3.8) is 0 Å². The van der Waals surface area contributed by atoms with Crippen molar-refractivity contribution in [2.75, 3.05) is 21.0 Å². The van der Waals surface area contributed by atoms with Crippen molar-refractivity contribution in [3.8, 4) is 11.5 Å². The van der Waals surface area contributed by atoms with Gasteiger partial charge in [0.15, 0.2) is 11.5 Å². The van der Waals surface area contributed by atoms with E-state index in [1.807, 2.05) is 56.4 Å². The summed E-state index contributed by atoms with van der Waals surface area (Å²) >= 11 is 0. The third-order valence-electron chi connectivity index (χ3n) is 4.93. The third kappa shape index (κ3) is 3.39. The SMILES string of the molecule is COC(=O)c1c(CN(C)Cc2ccc3c(c2)OCO3)nc2ccccc2c1C. The highest BCUT2D eigenvalue weighted by atomic mass is 16.7. The molecule has 0 aliphatic carbocycles. The summed E-state index contributed by atoms with van der Waals surface area (Å²) in [5, 5.41) is 0.963. The molecule has 0 fully saturated rings. The van der Waals surface area contributed by atoms with E-state index in [9.17, 15) is 4.79 Å². The number of aromatic nitrogens is 1. The molecule has 28 heavy (non-hydrogen) atoms. The zero-order valence-corrected chi connectivity index (χ0v) is 16.2. The molecular formula is C22H22N2O4. The van der Waals surface area contributed by atoms with E-state index in [-0.39, 0.29) is 12.8 Å². The Labute approximate surface area is 163 Å². The van der Waals surface area contributed by atoms with Gasteiger partial charge in [-0.1, -0.05) is 24.3 Å². The van der Waals surface area contributed by atoms with Gasteiger partial charge < -0.3 is 14.2 Å². The van der Waals surface area contributed by atoms with E-state index in [0.717, 1.165) is 33.5 Å². The van der Waals surface area contributed by atoms with Crippen LogP contribution in [0.25, 0.3) is 10.9 Å². The number of carbonyl (C=O) groups excluding carboxylic acids is 1. The summed E-state index contributed by atoms with van der Waals surface area (Å²) in [6.45, 7) is 3.41. The lowest BCUT2D eigenvalue weighted by Crippen LogP contribution is -2.21. The van der Waals surface area contributed by atoms with E-state index in [1.165, 1.54) is 7.11 Å². The average molecular weight is 378 g/mol. The molecule has 0 saturated carbocycles. The lowest BCUT2D eigenvalue weighted by atomic mass is 10.0. The van der Waals surface area contributed by atoms with Crippen LogP contribution in [0.3, 0.4) is 0 Å². The highest BCUT2D eigenvalue weighted by Gasteiger charge is 2.21. The van der Waals surface area contributed by atoms with E-state index in [1.54, 1.807) is 0 Å². The molecule has 2 aromatic carbocycles. The van der Waals surface area contributed by atoms with E-state index in [2.05, 4.69) is 4.90 Å². The van der Waals surface area contributed by atoms with Crippen LogP contribution in [-0.4, -0.2) is 36.8 Å². The maximum absolute atomic E-state index is 12.5. The highest BCUT2D eigenvalue weighted by Crippen LogP contribution is 2.33. The number of fused-ring (bicyclic) bond motifs is 2. The topological polar surface area (TPSA) is 60.9 Å². The number of methoxy groups -OCH3 is 1. The number of hydrogen-bond acceptors (Lipinski definition) is 6. The fourth-order valence-electron chi connectivity index (χ4n) is 3.59. The van der Waals surface area contributed by atoms with Gasteiger partial charge in [0.2, 0.25) is 6.79 Å². The Hall–Kier alpha value is -3.12. The molecule has 0 N–H and O–H groups in total. The third-order valence-corrected chi connectivity index (χ3v) is 4.93. The molecule has 4 rings (SSSR count). The summed E-state index contributed by atoms with van der Waals surface area (Å²) in [6, 6.07) is 13.8. The molecule has 0 unspecified atom stereocenters. The van der Waals surface area contributed by atoms with Crippen LogP contribution in [-0.2, 0) is 17.8 Å². The first kappa shape index (κ1) is 18.3. The summed E-state index contributed by atoms with van der Waals surface area (Å²) in [6.07, 6.45) is 0. The molecule has 0 bridgehead atoms. The summed E-state index contributed by atoms with van der Waals surface area (Å²) in [7, 11) is 3.40. The normalized spacial score (nSPS) is 12.6. The number of rotatable bonds is 5. The first-order valence-corrected chi connectivity index (χ1v) is 9.10. The number of esters is 1. The van der Waals surface area contributed by atoms with Crippen molar-refractivity contribution in [3.05, 3.63) is 64.8 Å². The minimum absolute atomic E-state index is 0.261. The van der Waals surface area contributed by atoms with Crippen molar-refractivity contribution in [1.29, 1.82) is 0 Å². The fourth-order valence-corrected chi connectivity index (χ4v) is 3.59. The van der Waals surface area contributed by atoms with Gasteiger partial charge in [0, 0.05) is 18.5 Å². The van der Waals surface area contributed by atoms with Crippen molar-refractivity contribution in [1.82, 2.24) is 9.88 Å². The van der Waals surface area contributed by atoms with Gasteiger partial charge in [-0.2, -0.15) is 0 Å². The fraction of sp³-hybridized carbons (Fsp3) is 0.273. The Bertz CT molecular complexity index is 1050. The maximum atomic E-state index is 12.5. The Balaban J connectivity index is 1.63. The van der Waals surface area contributed by atoms with Crippen molar-refractivity contribution >= 4 is 16.9 Å². The summed E-state index contributed by atoms with van der Waals surface area (Å²) in [4.78, 5) is 19.3. The van der Waals surface area contributed by atoms with E-state index >= 15 is 0 Å². The van der Waals surface area contributed by atoms with Crippen molar-refractivity contribution < 1.29 is 19.0 Å². The van der Waals surface area contributed by atoms with Gasteiger partial charge in [0.25, 0.3) is 0 Å². The standard InChI is InChI=1S/C22H22N2O4/c1-14-16-6-4-5-7-17(16)23-18(21(14)22(25)26-3)12-24(2)11-15-8-9-19-20(10-15)28-13-27-19/h4-10H,11-13H2,1-3H3. The largest absolute Gasteiger partial charge is 0.465 e. The van der Waals surface area contributed by atoms with Crippen LogP contribution in [0, 0.1) is 6.92 Å². The molecule has 144 valence electrons. The monoisotopic (exact) mass is 378 g/mol. The molecule has 1 aromatic heterocycles. The first-order valence-electron chi connectivity index (χ1n) is 9.10. The van der Waals surface area contributed by atoms with Crippen LogP contribution in [0.2, 0.25) is 0 Å². The minimum Gasteiger partial charge on any atom is -0.465 e. The van der Waals surface area contributed by atoms with E-state index in [0.29, 0.717) is 24.3 Å². The van der Waals surface area contributed by atoms with Gasteiger partial charge >= 0.3 is 5.97 Å². The molecule has 1 aliphatic heterocycles. The number of benzene rings is 2. The van der Waals surface area contributed by atoms with Crippen LogP contribution < -0.4 is 9.47 Å². The molecule has 0 saturated heterocycles. The zero-order chi connectivity index (χ0) is 19.7. The van der Waals surface area contributed by atoms with Crippen LogP contribution in [0.15, 0.2) is 42.5 Å². The van der Waals surface area contributed by atoms with Gasteiger partial charge in [-0.25, -0.2) is 4.79 Å². The lowest BCUT2D eigenvalue weighted by molar-refractivity contribution is 0.0597. The van der Waals surface area contributed by atoms with Gasteiger partial charge in [0.1, 0.15) is 0 Å². The number of para-hydroxylation sites is 1. The van der Waals surface area contributed by atoms with Gasteiger partial charge in [-0.15, -0.1) is 0 Å². The molecule has 0 atom stereocenters. The molecule has 6 heteroatoms. The Morgan fingerprint density at radius 3 is 2.75 bits per heavy atom. The molecule has 0 amide bonds. The number of ether oxygens (including phenoxy) is 3. The van der Waals surface area contributed by atoms with Crippen LogP contribution in [0.5, 0.6) is 11.5 Å². The molecule has 0 spiro atoms. The second-order valence-corrected chi connectivity index (χ2v) is 6.93. The van der Waals surface area contributed by atoms with Crippen LogP contribution in [0.1, 0.15) is 27.2 Å². The molecule has 6 nitrogen and oxygen atoms in total.